The smallest absolute Gasteiger partial charge is 0.201 e. The number of fused-ring (bicyclic) bond motifs is 1. The van der Waals surface area contributed by atoms with Crippen LogP contribution in [0.25, 0.3) is 11.0 Å². The number of imidazole rings is 1. The zero-order chi connectivity index (χ0) is 13.9. The predicted molar refractivity (Wildman–Crippen MR) is 79.3 cm³/mol. The summed E-state index contributed by atoms with van der Waals surface area (Å²) < 4.78 is 0. The molecule has 3 aromatic rings. The Morgan fingerprint density at radius 1 is 1.25 bits per heavy atom. The Labute approximate surface area is 117 Å². The molecule has 20 heavy (non-hydrogen) atoms. The molecule has 0 aliphatic rings. The Balaban J connectivity index is 1.83. The van der Waals surface area contributed by atoms with Gasteiger partial charge in [-0.3, -0.25) is 0 Å². The van der Waals surface area contributed by atoms with Crippen LogP contribution < -0.4 is 5.32 Å². The van der Waals surface area contributed by atoms with E-state index in [0.717, 1.165) is 5.52 Å². The fourth-order valence-electron chi connectivity index (χ4n) is 2.21. The van der Waals surface area contributed by atoms with Gasteiger partial charge in [-0.1, -0.05) is 35.9 Å². The number of rotatable bonds is 3. The molecule has 0 saturated heterocycles. The minimum atomic E-state index is 0.586. The van der Waals surface area contributed by atoms with Crippen molar-refractivity contribution in [1.29, 1.82) is 5.26 Å². The standard InChI is InChI=1S/C16H14N4/c1-11-4-2-5-12(8-11)10-18-16-19-14-7-3-6-13(9-17)15(14)20-16/h2-8H,10H2,1H3,(H2,18,19,20). The van der Waals surface area contributed by atoms with Gasteiger partial charge in [0.1, 0.15) is 11.6 Å². The number of anilines is 1. The summed E-state index contributed by atoms with van der Waals surface area (Å²) >= 11 is 0. The van der Waals surface area contributed by atoms with Crippen LogP contribution in [0.1, 0.15) is 16.7 Å². The van der Waals surface area contributed by atoms with Crippen LogP contribution in [0.4, 0.5) is 5.95 Å². The van der Waals surface area contributed by atoms with Crippen LogP contribution in [-0.2, 0) is 6.54 Å². The van der Waals surface area contributed by atoms with E-state index < -0.39 is 0 Å². The lowest BCUT2D eigenvalue weighted by atomic mass is 10.1. The molecule has 0 atom stereocenters. The Morgan fingerprint density at radius 2 is 2.10 bits per heavy atom. The molecule has 1 aromatic heterocycles. The largest absolute Gasteiger partial charge is 0.352 e. The highest BCUT2D eigenvalue weighted by molar-refractivity contribution is 5.83. The monoisotopic (exact) mass is 262 g/mol. The maximum atomic E-state index is 9.06. The van der Waals surface area contributed by atoms with E-state index in [1.54, 1.807) is 6.07 Å². The lowest BCUT2D eigenvalue weighted by Gasteiger charge is -2.03. The number of benzene rings is 2. The maximum Gasteiger partial charge on any atom is 0.201 e. The number of para-hydroxylation sites is 1. The quantitative estimate of drug-likeness (QED) is 0.760. The number of H-pyrrole nitrogens is 1. The molecule has 1 heterocycles. The van der Waals surface area contributed by atoms with E-state index in [-0.39, 0.29) is 0 Å². The number of nitriles is 1. The van der Waals surface area contributed by atoms with Crippen molar-refractivity contribution in [3.63, 3.8) is 0 Å². The van der Waals surface area contributed by atoms with E-state index >= 15 is 0 Å². The first-order valence-corrected chi connectivity index (χ1v) is 6.44. The lowest BCUT2D eigenvalue weighted by Crippen LogP contribution is -2.00. The molecule has 0 bridgehead atoms. The molecule has 0 aliphatic carbocycles. The van der Waals surface area contributed by atoms with Gasteiger partial charge in [-0.15, -0.1) is 0 Å². The zero-order valence-corrected chi connectivity index (χ0v) is 11.1. The summed E-state index contributed by atoms with van der Waals surface area (Å²) in [7, 11) is 0. The average molecular weight is 262 g/mol. The Kier molecular flexibility index (Phi) is 3.10. The normalized spacial score (nSPS) is 10.4. The van der Waals surface area contributed by atoms with Crippen LogP contribution in [0.2, 0.25) is 0 Å². The fraction of sp³-hybridized carbons (Fsp3) is 0.125. The van der Waals surface area contributed by atoms with Crippen molar-refractivity contribution in [3.05, 3.63) is 59.2 Å². The molecule has 0 saturated carbocycles. The third-order valence-corrected chi connectivity index (χ3v) is 3.18. The highest BCUT2D eigenvalue weighted by atomic mass is 15.1. The van der Waals surface area contributed by atoms with Gasteiger partial charge in [0.15, 0.2) is 0 Å². The Hall–Kier alpha value is -2.80. The van der Waals surface area contributed by atoms with Crippen molar-refractivity contribution < 1.29 is 0 Å². The number of nitrogens with zero attached hydrogens (tertiary/aromatic N) is 2. The topological polar surface area (TPSA) is 64.5 Å². The summed E-state index contributed by atoms with van der Waals surface area (Å²) in [4.78, 5) is 7.61. The molecule has 98 valence electrons. The third-order valence-electron chi connectivity index (χ3n) is 3.18. The van der Waals surface area contributed by atoms with Crippen molar-refractivity contribution in [2.45, 2.75) is 13.5 Å². The van der Waals surface area contributed by atoms with E-state index in [4.69, 9.17) is 5.26 Å². The highest BCUT2D eigenvalue weighted by Gasteiger charge is 2.06. The van der Waals surface area contributed by atoms with Crippen molar-refractivity contribution >= 4 is 17.0 Å². The molecule has 0 spiro atoms. The SMILES string of the molecule is Cc1cccc(CNc2nc3c(C#N)cccc3[nH]2)c1. The first kappa shape index (κ1) is 12.2. The molecule has 2 N–H and O–H groups in total. The molecule has 0 unspecified atom stereocenters. The number of hydrogen-bond donors (Lipinski definition) is 2. The first-order chi connectivity index (χ1) is 9.76. The molecule has 0 aliphatic heterocycles. The van der Waals surface area contributed by atoms with E-state index in [1.165, 1.54) is 11.1 Å². The number of aromatic amines is 1. The number of aromatic nitrogens is 2. The second kappa shape index (κ2) is 5.06. The van der Waals surface area contributed by atoms with Crippen molar-refractivity contribution in [3.8, 4) is 6.07 Å². The van der Waals surface area contributed by atoms with Gasteiger partial charge in [0.2, 0.25) is 5.95 Å². The molecule has 2 aromatic carbocycles. The van der Waals surface area contributed by atoms with Gasteiger partial charge < -0.3 is 10.3 Å². The molecule has 4 nitrogen and oxygen atoms in total. The summed E-state index contributed by atoms with van der Waals surface area (Å²) in [6.45, 7) is 2.77. The zero-order valence-electron chi connectivity index (χ0n) is 11.1. The third kappa shape index (κ3) is 2.34. The lowest BCUT2D eigenvalue weighted by molar-refractivity contribution is 1.09. The number of aryl methyl sites for hydroxylation is 1. The van der Waals surface area contributed by atoms with Crippen LogP contribution in [0.15, 0.2) is 42.5 Å². The molecule has 0 amide bonds. The van der Waals surface area contributed by atoms with Gasteiger partial charge >= 0.3 is 0 Å². The highest BCUT2D eigenvalue weighted by Crippen LogP contribution is 2.18. The van der Waals surface area contributed by atoms with Crippen molar-refractivity contribution in [1.82, 2.24) is 9.97 Å². The van der Waals surface area contributed by atoms with Crippen LogP contribution in [0.5, 0.6) is 0 Å². The second-order valence-corrected chi connectivity index (χ2v) is 4.74. The minimum Gasteiger partial charge on any atom is -0.352 e. The number of nitrogens with one attached hydrogen (secondary N) is 2. The summed E-state index contributed by atoms with van der Waals surface area (Å²) in [6.07, 6.45) is 0. The van der Waals surface area contributed by atoms with E-state index in [9.17, 15) is 0 Å². The minimum absolute atomic E-state index is 0.586. The molecular formula is C16H14N4. The van der Waals surface area contributed by atoms with Gasteiger partial charge in [0, 0.05) is 6.54 Å². The second-order valence-electron chi connectivity index (χ2n) is 4.74. The summed E-state index contributed by atoms with van der Waals surface area (Å²) in [5, 5.41) is 12.3. The van der Waals surface area contributed by atoms with Gasteiger partial charge in [-0.2, -0.15) is 5.26 Å². The summed E-state index contributed by atoms with van der Waals surface area (Å²) in [6, 6.07) is 16.0. The van der Waals surface area contributed by atoms with E-state index in [2.05, 4.69) is 46.5 Å². The average Bonchev–Trinajstić information content (AvgIpc) is 2.88. The molecular weight excluding hydrogens is 248 g/mol. The van der Waals surface area contributed by atoms with Crippen LogP contribution in [-0.4, -0.2) is 9.97 Å². The molecule has 0 fully saturated rings. The molecule has 0 radical (unpaired) electrons. The van der Waals surface area contributed by atoms with Crippen molar-refractivity contribution in [2.24, 2.45) is 0 Å². The van der Waals surface area contributed by atoms with Gasteiger partial charge in [0.25, 0.3) is 0 Å². The van der Waals surface area contributed by atoms with Gasteiger partial charge in [-0.25, -0.2) is 4.98 Å². The maximum absolute atomic E-state index is 9.06. The fourth-order valence-corrected chi connectivity index (χ4v) is 2.21. The first-order valence-electron chi connectivity index (χ1n) is 6.44. The summed E-state index contributed by atoms with van der Waals surface area (Å²) in [5.41, 5.74) is 4.60. The summed E-state index contributed by atoms with van der Waals surface area (Å²) in [5.74, 6) is 0.684. The molecule has 3 rings (SSSR count). The predicted octanol–water partition coefficient (Wildman–Crippen LogP) is 3.36. The van der Waals surface area contributed by atoms with E-state index in [0.29, 0.717) is 23.6 Å². The van der Waals surface area contributed by atoms with Crippen molar-refractivity contribution in [2.75, 3.05) is 5.32 Å². The number of hydrogen-bond acceptors (Lipinski definition) is 3. The molecule has 4 heteroatoms. The van der Waals surface area contributed by atoms with Gasteiger partial charge in [0.05, 0.1) is 11.1 Å². The van der Waals surface area contributed by atoms with Crippen LogP contribution in [0.3, 0.4) is 0 Å². The van der Waals surface area contributed by atoms with Crippen LogP contribution >= 0.6 is 0 Å². The van der Waals surface area contributed by atoms with E-state index in [1.807, 2.05) is 18.2 Å². The van der Waals surface area contributed by atoms with Crippen LogP contribution in [0, 0.1) is 18.3 Å². The Bertz CT molecular complexity index is 796. The Morgan fingerprint density at radius 3 is 2.90 bits per heavy atom. The van der Waals surface area contributed by atoms with Gasteiger partial charge in [-0.05, 0) is 24.6 Å².